The van der Waals surface area contributed by atoms with Gasteiger partial charge in [0.2, 0.25) is 0 Å². The summed E-state index contributed by atoms with van der Waals surface area (Å²) in [5.74, 6) is 1.81. The minimum Gasteiger partial charge on any atom is -0.496 e. The number of thiophene rings is 1. The summed E-state index contributed by atoms with van der Waals surface area (Å²) in [5.41, 5.74) is 4.98. The molecule has 7 heteroatoms. The molecule has 1 aromatic carbocycles. The Kier molecular flexibility index (Phi) is 4.69. The van der Waals surface area contributed by atoms with Gasteiger partial charge in [-0.05, 0) is 47.6 Å². The van der Waals surface area contributed by atoms with Gasteiger partial charge in [-0.25, -0.2) is 9.50 Å². The van der Waals surface area contributed by atoms with Crippen LogP contribution in [0.15, 0.2) is 53.4 Å². The van der Waals surface area contributed by atoms with E-state index in [1.165, 1.54) is 5.56 Å². The second kappa shape index (κ2) is 7.50. The number of piperazine rings is 1. The number of nitrogens with zero attached hydrogens (tertiary/aromatic N) is 5. The van der Waals surface area contributed by atoms with Crippen molar-refractivity contribution in [2.45, 2.75) is 0 Å². The van der Waals surface area contributed by atoms with Crippen molar-refractivity contribution in [2.24, 2.45) is 0 Å². The third-order valence-corrected chi connectivity index (χ3v) is 6.14. The van der Waals surface area contributed by atoms with Crippen LogP contribution in [0.2, 0.25) is 0 Å². The van der Waals surface area contributed by atoms with E-state index in [0.717, 1.165) is 60.2 Å². The predicted octanol–water partition coefficient (Wildman–Crippen LogP) is 3.89. The minimum absolute atomic E-state index is 0.812. The molecular formula is C22H23N5OS. The van der Waals surface area contributed by atoms with E-state index in [9.17, 15) is 0 Å². The third-order valence-electron chi connectivity index (χ3n) is 5.45. The summed E-state index contributed by atoms with van der Waals surface area (Å²) in [4.78, 5) is 9.66. The van der Waals surface area contributed by atoms with E-state index in [-0.39, 0.29) is 0 Å². The number of aromatic nitrogens is 3. The van der Waals surface area contributed by atoms with Gasteiger partial charge in [-0.3, -0.25) is 0 Å². The number of likely N-dealkylation sites (N-methyl/N-ethyl adjacent to an activating group) is 1. The summed E-state index contributed by atoms with van der Waals surface area (Å²) in [7, 11) is 3.86. The highest BCUT2D eigenvalue weighted by Gasteiger charge is 2.20. The van der Waals surface area contributed by atoms with Crippen LogP contribution >= 0.6 is 11.3 Å². The lowest BCUT2D eigenvalue weighted by atomic mass is 10.1. The van der Waals surface area contributed by atoms with Gasteiger partial charge in [0, 0.05) is 37.3 Å². The van der Waals surface area contributed by atoms with Crippen LogP contribution < -0.4 is 9.64 Å². The molecule has 1 aliphatic rings. The number of imidazole rings is 1. The van der Waals surface area contributed by atoms with Gasteiger partial charge in [0.25, 0.3) is 0 Å². The molecule has 0 atom stereocenters. The Labute approximate surface area is 174 Å². The molecule has 0 bridgehead atoms. The Hall–Kier alpha value is -2.90. The number of ether oxygens (including phenoxy) is 1. The van der Waals surface area contributed by atoms with E-state index in [1.54, 1.807) is 18.4 Å². The quantitative estimate of drug-likeness (QED) is 0.516. The second-order valence-electron chi connectivity index (χ2n) is 7.31. The number of anilines is 1. The van der Waals surface area contributed by atoms with E-state index in [2.05, 4.69) is 39.7 Å². The predicted molar refractivity (Wildman–Crippen MR) is 118 cm³/mol. The Balaban J connectivity index is 1.66. The lowest BCUT2D eigenvalue weighted by Gasteiger charge is -2.33. The Morgan fingerprint density at radius 2 is 1.86 bits per heavy atom. The molecule has 0 N–H and O–H groups in total. The van der Waals surface area contributed by atoms with E-state index < -0.39 is 0 Å². The molecule has 6 nitrogen and oxygen atoms in total. The highest BCUT2D eigenvalue weighted by molar-refractivity contribution is 7.08. The van der Waals surface area contributed by atoms with Gasteiger partial charge in [0.1, 0.15) is 11.6 Å². The van der Waals surface area contributed by atoms with E-state index in [1.807, 2.05) is 35.0 Å². The zero-order valence-corrected chi connectivity index (χ0v) is 17.4. The van der Waals surface area contributed by atoms with Crippen LogP contribution in [-0.4, -0.2) is 59.8 Å². The fraction of sp³-hybridized carbons (Fsp3) is 0.273. The molecule has 148 valence electrons. The summed E-state index contributed by atoms with van der Waals surface area (Å²) < 4.78 is 7.47. The number of methoxy groups -OCH3 is 1. The maximum atomic E-state index is 5.55. The zero-order valence-electron chi connectivity index (χ0n) is 16.6. The molecule has 4 aromatic rings. The number of para-hydroxylation sites is 1. The molecule has 0 spiro atoms. The van der Waals surface area contributed by atoms with Crippen molar-refractivity contribution in [1.29, 1.82) is 0 Å². The summed E-state index contributed by atoms with van der Waals surface area (Å²) in [5, 5.41) is 9.19. The van der Waals surface area contributed by atoms with Crippen molar-refractivity contribution in [1.82, 2.24) is 19.5 Å². The molecule has 0 radical (unpaired) electrons. The van der Waals surface area contributed by atoms with Gasteiger partial charge in [-0.1, -0.05) is 12.1 Å². The normalized spacial score (nSPS) is 15.2. The summed E-state index contributed by atoms with van der Waals surface area (Å²) in [6.45, 7) is 4.05. The topological polar surface area (TPSA) is 45.9 Å². The number of benzene rings is 1. The first-order chi connectivity index (χ1) is 14.2. The van der Waals surface area contributed by atoms with Gasteiger partial charge in [-0.2, -0.15) is 11.3 Å². The first kappa shape index (κ1) is 18.1. The smallest absolute Gasteiger partial charge is 0.162 e. The first-order valence-electron chi connectivity index (χ1n) is 9.73. The lowest BCUT2D eigenvalue weighted by Crippen LogP contribution is -2.45. The van der Waals surface area contributed by atoms with Crippen LogP contribution in [0, 0.1) is 0 Å². The van der Waals surface area contributed by atoms with Crippen LogP contribution in [0.1, 0.15) is 0 Å². The molecule has 29 heavy (non-hydrogen) atoms. The molecule has 1 aliphatic heterocycles. The number of fused-ring (bicyclic) bond motifs is 1. The fourth-order valence-electron chi connectivity index (χ4n) is 3.77. The number of rotatable bonds is 4. The number of hydrogen-bond acceptors (Lipinski definition) is 6. The van der Waals surface area contributed by atoms with Crippen molar-refractivity contribution in [3.63, 3.8) is 0 Å². The van der Waals surface area contributed by atoms with Gasteiger partial charge >= 0.3 is 0 Å². The highest BCUT2D eigenvalue weighted by Crippen LogP contribution is 2.33. The van der Waals surface area contributed by atoms with Gasteiger partial charge in [-0.15, -0.1) is 5.10 Å². The van der Waals surface area contributed by atoms with Crippen molar-refractivity contribution in [3.05, 3.63) is 53.4 Å². The molecule has 3 aromatic heterocycles. The standard InChI is InChI=1S/C22H23N5OS/c1-25-8-10-26(11-9-25)21-13-18(16-7-12-29-15-16)22-23-19(14-27(22)24-21)17-5-3-4-6-20(17)28-2/h3-7,12-15H,8-11H2,1-2H3. The average Bonchev–Trinajstić information content (AvgIpc) is 3.43. The monoisotopic (exact) mass is 405 g/mol. The Bertz CT molecular complexity index is 1130. The SMILES string of the molecule is COc1ccccc1-c1cn2nc(N3CCN(C)CC3)cc(-c3ccsc3)c2n1. The molecular weight excluding hydrogens is 382 g/mol. The fourth-order valence-corrected chi connectivity index (χ4v) is 4.43. The summed E-state index contributed by atoms with van der Waals surface area (Å²) in [6.07, 6.45) is 2.00. The van der Waals surface area contributed by atoms with Crippen molar-refractivity contribution in [2.75, 3.05) is 45.2 Å². The van der Waals surface area contributed by atoms with E-state index in [0.29, 0.717) is 0 Å². The van der Waals surface area contributed by atoms with E-state index >= 15 is 0 Å². The van der Waals surface area contributed by atoms with Crippen LogP contribution in [0.25, 0.3) is 28.0 Å². The third kappa shape index (κ3) is 3.36. The molecule has 0 saturated carbocycles. The van der Waals surface area contributed by atoms with Crippen LogP contribution in [0.3, 0.4) is 0 Å². The maximum absolute atomic E-state index is 5.55. The molecule has 0 amide bonds. The maximum Gasteiger partial charge on any atom is 0.162 e. The molecule has 1 fully saturated rings. The molecule has 4 heterocycles. The zero-order chi connectivity index (χ0) is 19.8. The minimum atomic E-state index is 0.812. The van der Waals surface area contributed by atoms with Crippen LogP contribution in [-0.2, 0) is 0 Å². The van der Waals surface area contributed by atoms with Gasteiger partial charge < -0.3 is 14.5 Å². The van der Waals surface area contributed by atoms with Gasteiger partial charge in [0.15, 0.2) is 5.65 Å². The van der Waals surface area contributed by atoms with Crippen molar-refractivity contribution < 1.29 is 4.74 Å². The average molecular weight is 406 g/mol. The first-order valence-corrected chi connectivity index (χ1v) is 10.7. The Morgan fingerprint density at radius 3 is 2.62 bits per heavy atom. The summed E-state index contributed by atoms with van der Waals surface area (Å²) in [6, 6.07) is 12.3. The molecule has 5 rings (SSSR count). The largest absolute Gasteiger partial charge is 0.496 e. The second-order valence-corrected chi connectivity index (χ2v) is 8.09. The lowest BCUT2D eigenvalue weighted by molar-refractivity contribution is 0.311. The van der Waals surface area contributed by atoms with Crippen molar-refractivity contribution in [3.8, 4) is 28.1 Å². The number of hydrogen-bond donors (Lipinski definition) is 0. The molecule has 1 saturated heterocycles. The van der Waals surface area contributed by atoms with Crippen LogP contribution in [0.4, 0.5) is 5.82 Å². The van der Waals surface area contributed by atoms with Crippen LogP contribution in [0.5, 0.6) is 5.75 Å². The summed E-state index contributed by atoms with van der Waals surface area (Å²) >= 11 is 1.70. The highest BCUT2D eigenvalue weighted by atomic mass is 32.1. The Morgan fingerprint density at radius 1 is 1.03 bits per heavy atom. The molecule has 0 unspecified atom stereocenters. The van der Waals surface area contributed by atoms with Crippen molar-refractivity contribution >= 4 is 22.8 Å². The van der Waals surface area contributed by atoms with E-state index in [4.69, 9.17) is 14.8 Å². The van der Waals surface area contributed by atoms with Gasteiger partial charge in [0.05, 0.1) is 19.0 Å². The molecule has 0 aliphatic carbocycles.